The summed E-state index contributed by atoms with van der Waals surface area (Å²) in [7, 11) is 0. The molecular weight excluding hydrogens is 206 g/mol. The van der Waals surface area contributed by atoms with Crippen molar-refractivity contribution >= 4 is 11.6 Å². The molecule has 0 bridgehead atoms. The van der Waals surface area contributed by atoms with Crippen molar-refractivity contribution in [2.75, 3.05) is 0 Å². The third kappa shape index (κ3) is 2.73. The van der Waals surface area contributed by atoms with Crippen LogP contribution >= 0.6 is 11.6 Å². The maximum atomic E-state index is 5.97. The monoisotopic (exact) mass is 223 g/mol. The van der Waals surface area contributed by atoms with E-state index in [1.165, 1.54) is 18.4 Å². The van der Waals surface area contributed by atoms with Crippen LogP contribution in [0.3, 0.4) is 0 Å². The van der Waals surface area contributed by atoms with Crippen molar-refractivity contribution in [1.82, 2.24) is 5.32 Å². The highest BCUT2D eigenvalue weighted by Gasteiger charge is 2.26. The summed E-state index contributed by atoms with van der Waals surface area (Å²) in [6.45, 7) is 4.51. The van der Waals surface area contributed by atoms with Gasteiger partial charge in [0.25, 0.3) is 0 Å². The first-order valence-corrected chi connectivity index (χ1v) is 6.04. The highest BCUT2D eigenvalue weighted by molar-refractivity contribution is 6.30. The Balaban J connectivity index is 1.93. The Morgan fingerprint density at radius 1 is 1.40 bits per heavy atom. The Hall–Kier alpha value is -0.530. The first kappa shape index (κ1) is 11.0. The molecule has 2 heteroatoms. The molecule has 1 aliphatic carbocycles. The normalized spacial score (nSPS) is 27.1. The third-order valence-corrected chi connectivity index (χ3v) is 3.44. The molecule has 0 saturated heterocycles. The van der Waals surface area contributed by atoms with Crippen LogP contribution in [0.15, 0.2) is 24.3 Å². The van der Waals surface area contributed by atoms with Crippen LogP contribution < -0.4 is 5.32 Å². The van der Waals surface area contributed by atoms with Crippen LogP contribution in [0.1, 0.15) is 38.3 Å². The van der Waals surface area contributed by atoms with Gasteiger partial charge < -0.3 is 5.32 Å². The Morgan fingerprint density at radius 3 is 2.73 bits per heavy atom. The summed E-state index contributed by atoms with van der Waals surface area (Å²) in [5, 5.41) is 4.45. The predicted molar refractivity (Wildman–Crippen MR) is 65.2 cm³/mol. The maximum absolute atomic E-state index is 5.97. The number of nitrogens with one attached hydrogen (secondary N) is 1. The van der Waals surface area contributed by atoms with E-state index in [1.807, 2.05) is 18.2 Å². The van der Waals surface area contributed by atoms with E-state index in [9.17, 15) is 0 Å². The van der Waals surface area contributed by atoms with Crippen LogP contribution in [0, 0.1) is 5.92 Å². The zero-order valence-electron chi connectivity index (χ0n) is 9.33. The molecule has 0 spiro atoms. The van der Waals surface area contributed by atoms with Crippen molar-refractivity contribution in [2.24, 2.45) is 5.92 Å². The minimum atomic E-state index is 0.404. The lowest BCUT2D eigenvalue weighted by molar-refractivity contribution is 0.226. The highest BCUT2D eigenvalue weighted by Crippen LogP contribution is 2.29. The van der Waals surface area contributed by atoms with Crippen LogP contribution in [0.4, 0.5) is 0 Å². The molecule has 1 aromatic rings. The number of halogens is 1. The molecule has 0 heterocycles. The van der Waals surface area contributed by atoms with Crippen molar-refractivity contribution < 1.29 is 0 Å². The molecule has 2 rings (SSSR count). The lowest BCUT2D eigenvalue weighted by Gasteiger charge is -2.35. The van der Waals surface area contributed by atoms with Gasteiger partial charge >= 0.3 is 0 Å². The highest BCUT2D eigenvalue weighted by atomic mass is 35.5. The third-order valence-electron chi connectivity index (χ3n) is 3.21. The number of hydrogen-bond donors (Lipinski definition) is 1. The van der Waals surface area contributed by atoms with Gasteiger partial charge in [0.15, 0.2) is 0 Å². The molecule has 1 fully saturated rings. The van der Waals surface area contributed by atoms with Crippen LogP contribution in [0.5, 0.6) is 0 Å². The van der Waals surface area contributed by atoms with Gasteiger partial charge in [-0.1, -0.05) is 30.7 Å². The molecule has 0 aromatic heterocycles. The molecule has 1 unspecified atom stereocenters. The van der Waals surface area contributed by atoms with E-state index in [4.69, 9.17) is 11.6 Å². The zero-order chi connectivity index (χ0) is 10.8. The van der Waals surface area contributed by atoms with Gasteiger partial charge in [-0.3, -0.25) is 0 Å². The number of rotatable bonds is 3. The maximum Gasteiger partial charge on any atom is 0.0409 e. The Labute approximate surface area is 96.8 Å². The van der Waals surface area contributed by atoms with E-state index in [2.05, 4.69) is 25.2 Å². The summed E-state index contributed by atoms with van der Waals surface area (Å²) in [4.78, 5) is 0. The predicted octanol–water partition coefficient (Wildman–Crippen LogP) is 3.79. The molecule has 15 heavy (non-hydrogen) atoms. The summed E-state index contributed by atoms with van der Waals surface area (Å²) in [5.41, 5.74) is 1.28. The molecule has 1 aromatic carbocycles. The van der Waals surface area contributed by atoms with Crippen LogP contribution in [-0.4, -0.2) is 6.04 Å². The minimum absolute atomic E-state index is 0.404. The van der Waals surface area contributed by atoms with Gasteiger partial charge in [-0.05, 0) is 43.4 Å². The summed E-state index contributed by atoms with van der Waals surface area (Å²) in [6.07, 6.45) is 2.62. The topological polar surface area (TPSA) is 12.0 Å². The van der Waals surface area contributed by atoms with Gasteiger partial charge in [0.05, 0.1) is 0 Å². The Morgan fingerprint density at radius 2 is 2.13 bits per heavy atom. The van der Waals surface area contributed by atoms with Crippen LogP contribution in [-0.2, 0) is 0 Å². The van der Waals surface area contributed by atoms with Crippen molar-refractivity contribution in [1.29, 1.82) is 0 Å². The van der Waals surface area contributed by atoms with Crippen molar-refractivity contribution in [3.63, 3.8) is 0 Å². The molecule has 1 N–H and O–H groups in total. The van der Waals surface area contributed by atoms with E-state index in [1.54, 1.807) is 0 Å². The number of hydrogen-bond acceptors (Lipinski definition) is 1. The second-order valence-corrected chi connectivity index (χ2v) is 5.15. The van der Waals surface area contributed by atoms with Crippen LogP contribution in [0.2, 0.25) is 5.02 Å². The minimum Gasteiger partial charge on any atom is -0.307 e. The second-order valence-electron chi connectivity index (χ2n) is 4.72. The van der Waals surface area contributed by atoms with Crippen LogP contribution in [0.25, 0.3) is 0 Å². The van der Waals surface area contributed by atoms with Gasteiger partial charge in [0.2, 0.25) is 0 Å². The average Bonchev–Trinajstić information content (AvgIpc) is 2.15. The van der Waals surface area contributed by atoms with Crippen molar-refractivity contribution in [3.05, 3.63) is 34.9 Å². The summed E-state index contributed by atoms with van der Waals surface area (Å²) in [5.74, 6) is 0.897. The smallest absolute Gasteiger partial charge is 0.0409 e. The molecule has 1 nitrogen and oxygen atoms in total. The molecule has 1 aliphatic rings. The number of benzene rings is 1. The standard InChI is InChI=1S/C13H18ClN/c1-9-6-13(7-9)15-10(2)11-4-3-5-12(14)8-11/h3-5,8-10,13,15H,6-7H2,1-2H3. The average molecular weight is 224 g/mol. The molecule has 1 saturated carbocycles. The SMILES string of the molecule is CC1CC(NC(C)c2cccc(Cl)c2)C1. The zero-order valence-corrected chi connectivity index (χ0v) is 10.1. The Kier molecular flexibility index (Phi) is 3.32. The fourth-order valence-electron chi connectivity index (χ4n) is 2.26. The fraction of sp³-hybridized carbons (Fsp3) is 0.538. The first-order valence-electron chi connectivity index (χ1n) is 5.66. The fourth-order valence-corrected chi connectivity index (χ4v) is 2.46. The lowest BCUT2D eigenvalue weighted by Crippen LogP contribution is -2.41. The van der Waals surface area contributed by atoms with E-state index >= 15 is 0 Å². The first-order chi connectivity index (χ1) is 7.15. The van der Waals surface area contributed by atoms with Gasteiger partial charge in [0.1, 0.15) is 0 Å². The summed E-state index contributed by atoms with van der Waals surface area (Å²) < 4.78 is 0. The molecular formula is C13H18ClN. The van der Waals surface area contributed by atoms with E-state index in [0.717, 1.165) is 10.9 Å². The summed E-state index contributed by atoms with van der Waals surface area (Å²) >= 11 is 5.97. The van der Waals surface area contributed by atoms with Gasteiger partial charge in [0, 0.05) is 17.1 Å². The lowest BCUT2D eigenvalue weighted by atomic mass is 9.81. The van der Waals surface area contributed by atoms with Crippen molar-refractivity contribution in [2.45, 2.75) is 38.8 Å². The summed E-state index contributed by atoms with van der Waals surface area (Å²) in [6, 6.07) is 9.21. The van der Waals surface area contributed by atoms with Crippen molar-refractivity contribution in [3.8, 4) is 0 Å². The molecule has 0 amide bonds. The van der Waals surface area contributed by atoms with Gasteiger partial charge in [-0.15, -0.1) is 0 Å². The van der Waals surface area contributed by atoms with E-state index in [-0.39, 0.29) is 0 Å². The second kappa shape index (κ2) is 4.54. The van der Waals surface area contributed by atoms with E-state index in [0.29, 0.717) is 12.1 Å². The largest absolute Gasteiger partial charge is 0.307 e. The van der Waals surface area contributed by atoms with Gasteiger partial charge in [-0.2, -0.15) is 0 Å². The van der Waals surface area contributed by atoms with Gasteiger partial charge in [-0.25, -0.2) is 0 Å². The molecule has 0 radical (unpaired) electrons. The molecule has 1 atom stereocenters. The Bertz CT molecular complexity index is 331. The molecule has 82 valence electrons. The van der Waals surface area contributed by atoms with E-state index < -0.39 is 0 Å². The quantitative estimate of drug-likeness (QED) is 0.822. The molecule has 0 aliphatic heterocycles.